The molecule has 0 saturated heterocycles. The molecule has 0 amide bonds. The predicted octanol–water partition coefficient (Wildman–Crippen LogP) is 2.38. The Kier molecular flexibility index (Phi) is 4.45. The summed E-state index contributed by atoms with van der Waals surface area (Å²) in [7, 11) is 0. The second-order valence-electron chi connectivity index (χ2n) is 5.33. The molecule has 1 saturated carbocycles. The molecule has 1 aliphatic rings. The zero-order chi connectivity index (χ0) is 14.7. The highest BCUT2D eigenvalue weighted by Crippen LogP contribution is 2.29. The van der Waals surface area contributed by atoms with Crippen molar-refractivity contribution in [2.45, 2.75) is 55.4 Å². The Morgan fingerprint density at radius 2 is 2.24 bits per heavy atom. The van der Waals surface area contributed by atoms with Crippen LogP contribution in [0, 0.1) is 0 Å². The van der Waals surface area contributed by atoms with Crippen LogP contribution in [-0.4, -0.2) is 20.8 Å². The van der Waals surface area contributed by atoms with Crippen LogP contribution in [0.15, 0.2) is 39.1 Å². The zero-order valence-corrected chi connectivity index (χ0v) is 12.9. The molecule has 0 atom stereocenters. The fourth-order valence-corrected chi connectivity index (χ4v) is 3.18. The lowest BCUT2D eigenvalue weighted by Gasteiger charge is -2.10. The summed E-state index contributed by atoms with van der Waals surface area (Å²) in [4.78, 5) is 12.9. The van der Waals surface area contributed by atoms with Gasteiger partial charge in [-0.25, -0.2) is 9.89 Å². The van der Waals surface area contributed by atoms with Crippen molar-refractivity contribution >= 4 is 11.8 Å². The SMILES string of the molecule is CCCn1c(Sc2ccccc2CNC2CC2)n[nH]c1=O. The van der Waals surface area contributed by atoms with Gasteiger partial charge in [0.05, 0.1) is 0 Å². The number of nitrogens with zero attached hydrogens (tertiary/aromatic N) is 2. The van der Waals surface area contributed by atoms with E-state index in [-0.39, 0.29) is 5.69 Å². The quantitative estimate of drug-likeness (QED) is 0.824. The van der Waals surface area contributed by atoms with Gasteiger partial charge in [0.25, 0.3) is 0 Å². The van der Waals surface area contributed by atoms with E-state index >= 15 is 0 Å². The zero-order valence-electron chi connectivity index (χ0n) is 12.1. The van der Waals surface area contributed by atoms with Gasteiger partial charge in [-0.3, -0.25) is 4.57 Å². The van der Waals surface area contributed by atoms with Gasteiger partial charge in [0, 0.05) is 24.0 Å². The lowest BCUT2D eigenvalue weighted by molar-refractivity contribution is 0.603. The monoisotopic (exact) mass is 304 g/mol. The van der Waals surface area contributed by atoms with E-state index in [4.69, 9.17) is 0 Å². The summed E-state index contributed by atoms with van der Waals surface area (Å²) < 4.78 is 1.70. The second-order valence-corrected chi connectivity index (χ2v) is 6.34. The molecule has 1 aromatic heterocycles. The van der Waals surface area contributed by atoms with E-state index < -0.39 is 0 Å². The molecule has 5 nitrogen and oxygen atoms in total. The number of aromatic nitrogens is 3. The maximum absolute atomic E-state index is 11.7. The average Bonchev–Trinajstić information content (AvgIpc) is 3.26. The first-order valence-electron chi connectivity index (χ1n) is 7.42. The molecule has 1 heterocycles. The average molecular weight is 304 g/mol. The lowest BCUT2D eigenvalue weighted by Crippen LogP contribution is -2.17. The van der Waals surface area contributed by atoms with Crippen LogP contribution in [-0.2, 0) is 13.1 Å². The Hall–Kier alpha value is -1.53. The summed E-state index contributed by atoms with van der Waals surface area (Å²) in [5.41, 5.74) is 1.13. The van der Waals surface area contributed by atoms with Gasteiger partial charge in [0.1, 0.15) is 0 Å². The van der Waals surface area contributed by atoms with Gasteiger partial charge in [0.2, 0.25) is 0 Å². The smallest absolute Gasteiger partial charge is 0.310 e. The second kappa shape index (κ2) is 6.49. The van der Waals surface area contributed by atoms with E-state index in [9.17, 15) is 4.79 Å². The van der Waals surface area contributed by atoms with E-state index in [1.165, 1.54) is 18.4 Å². The van der Waals surface area contributed by atoms with Crippen molar-refractivity contribution in [3.63, 3.8) is 0 Å². The summed E-state index contributed by atoms with van der Waals surface area (Å²) in [5.74, 6) is 0. The van der Waals surface area contributed by atoms with Crippen molar-refractivity contribution in [3.8, 4) is 0 Å². The van der Waals surface area contributed by atoms with Crippen LogP contribution in [0.5, 0.6) is 0 Å². The summed E-state index contributed by atoms with van der Waals surface area (Å²) in [6.45, 7) is 3.62. The molecule has 0 radical (unpaired) electrons. The maximum Gasteiger partial charge on any atom is 0.343 e. The molecule has 1 aromatic carbocycles. The largest absolute Gasteiger partial charge is 0.343 e. The van der Waals surface area contributed by atoms with Gasteiger partial charge in [0.15, 0.2) is 5.16 Å². The van der Waals surface area contributed by atoms with Crippen molar-refractivity contribution in [2.75, 3.05) is 0 Å². The third-order valence-corrected chi connectivity index (χ3v) is 4.62. The fourth-order valence-electron chi connectivity index (χ4n) is 2.19. The van der Waals surface area contributed by atoms with Crippen molar-refractivity contribution in [1.29, 1.82) is 0 Å². The van der Waals surface area contributed by atoms with Crippen molar-refractivity contribution < 1.29 is 0 Å². The molecule has 112 valence electrons. The number of nitrogens with one attached hydrogen (secondary N) is 2. The van der Waals surface area contributed by atoms with Gasteiger partial charge in [-0.05, 0) is 42.7 Å². The van der Waals surface area contributed by atoms with Crippen molar-refractivity contribution in [3.05, 3.63) is 40.3 Å². The maximum atomic E-state index is 11.7. The first-order valence-corrected chi connectivity index (χ1v) is 8.24. The van der Waals surface area contributed by atoms with Crippen molar-refractivity contribution in [2.24, 2.45) is 0 Å². The summed E-state index contributed by atoms with van der Waals surface area (Å²) in [5, 5.41) is 11.0. The molecule has 0 unspecified atom stereocenters. The Morgan fingerprint density at radius 3 is 3.00 bits per heavy atom. The number of hydrogen-bond donors (Lipinski definition) is 2. The van der Waals surface area contributed by atoms with Crippen LogP contribution in [0.2, 0.25) is 0 Å². The minimum absolute atomic E-state index is 0.132. The number of hydrogen-bond acceptors (Lipinski definition) is 4. The van der Waals surface area contributed by atoms with Crippen molar-refractivity contribution in [1.82, 2.24) is 20.1 Å². The summed E-state index contributed by atoms with van der Waals surface area (Å²) in [6.07, 6.45) is 3.48. The molecule has 21 heavy (non-hydrogen) atoms. The number of H-pyrrole nitrogens is 1. The predicted molar refractivity (Wildman–Crippen MR) is 83.6 cm³/mol. The van der Waals surface area contributed by atoms with E-state index in [0.717, 1.165) is 23.0 Å². The molecule has 2 aromatic rings. The highest BCUT2D eigenvalue weighted by Gasteiger charge is 2.20. The number of rotatable bonds is 7. The van der Waals surface area contributed by atoms with Gasteiger partial charge >= 0.3 is 5.69 Å². The molecule has 6 heteroatoms. The van der Waals surface area contributed by atoms with E-state index in [1.807, 2.05) is 6.07 Å². The Bertz CT molecular complexity index is 660. The van der Waals surface area contributed by atoms with E-state index in [0.29, 0.717) is 12.6 Å². The van der Waals surface area contributed by atoms with E-state index in [2.05, 4.69) is 40.6 Å². The summed E-state index contributed by atoms with van der Waals surface area (Å²) in [6, 6.07) is 8.98. The van der Waals surface area contributed by atoms with Crippen LogP contribution in [0.25, 0.3) is 0 Å². The van der Waals surface area contributed by atoms with Gasteiger partial charge in [-0.1, -0.05) is 25.1 Å². The summed E-state index contributed by atoms with van der Waals surface area (Å²) >= 11 is 1.55. The highest BCUT2D eigenvalue weighted by molar-refractivity contribution is 7.99. The molecule has 3 rings (SSSR count). The fraction of sp³-hybridized carbons (Fsp3) is 0.467. The van der Waals surface area contributed by atoms with Crippen LogP contribution < -0.4 is 11.0 Å². The van der Waals surface area contributed by atoms with Crippen LogP contribution in [0.3, 0.4) is 0 Å². The first-order chi connectivity index (χ1) is 10.3. The van der Waals surface area contributed by atoms with Crippen LogP contribution in [0.1, 0.15) is 31.7 Å². The molecular weight excluding hydrogens is 284 g/mol. The molecule has 0 spiro atoms. The Labute approximate surface area is 128 Å². The third kappa shape index (κ3) is 3.57. The number of aromatic amines is 1. The van der Waals surface area contributed by atoms with Crippen LogP contribution in [0.4, 0.5) is 0 Å². The minimum atomic E-state index is -0.132. The third-order valence-electron chi connectivity index (χ3n) is 3.50. The Morgan fingerprint density at radius 1 is 1.43 bits per heavy atom. The first kappa shape index (κ1) is 14.4. The topological polar surface area (TPSA) is 62.7 Å². The molecule has 0 aliphatic heterocycles. The molecule has 0 bridgehead atoms. The van der Waals surface area contributed by atoms with Gasteiger partial charge in [-0.2, -0.15) is 0 Å². The molecule has 2 N–H and O–H groups in total. The lowest BCUT2D eigenvalue weighted by atomic mass is 10.2. The highest BCUT2D eigenvalue weighted by atomic mass is 32.2. The molecule has 1 fully saturated rings. The molecular formula is C15H20N4OS. The van der Waals surface area contributed by atoms with Gasteiger partial charge in [-0.15, -0.1) is 5.10 Å². The van der Waals surface area contributed by atoms with E-state index in [1.54, 1.807) is 16.3 Å². The normalized spacial score (nSPS) is 14.5. The number of benzene rings is 1. The minimum Gasteiger partial charge on any atom is -0.310 e. The molecule has 1 aliphatic carbocycles. The standard InChI is InChI=1S/C15H20N4OS/c1-2-9-19-14(20)17-18-15(19)21-13-6-4-3-5-11(13)10-16-12-7-8-12/h3-6,12,16H,2,7-10H2,1H3,(H,17,20). The van der Waals surface area contributed by atoms with Crippen LogP contribution >= 0.6 is 11.8 Å². The van der Waals surface area contributed by atoms with Gasteiger partial charge < -0.3 is 5.32 Å². The Balaban J connectivity index is 1.78.